The van der Waals surface area contributed by atoms with Crippen molar-refractivity contribution in [3.8, 4) is 0 Å². The van der Waals surface area contributed by atoms with Crippen LogP contribution >= 0.6 is 27.3 Å². The summed E-state index contributed by atoms with van der Waals surface area (Å²) in [7, 11) is 1.21. The minimum absolute atomic E-state index is 0.0202. The van der Waals surface area contributed by atoms with E-state index in [1.165, 1.54) is 7.11 Å². The maximum Gasteiger partial charge on any atom is 0.367 e. The van der Waals surface area contributed by atoms with E-state index >= 15 is 0 Å². The highest BCUT2D eigenvalue weighted by atomic mass is 79.9. The van der Waals surface area contributed by atoms with Crippen LogP contribution in [-0.4, -0.2) is 29.1 Å². The number of thiazole rings is 1. The third-order valence-electron chi connectivity index (χ3n) is 1.15. The number of halogens is 1. The summed E-state index contributed by atoms with van der Waals surface area (Å²) in [5, 5.41) is 8.62. The lowest BCUT2D eigenvalue weighted by atomic mass is 10.5. The Morgan fingerprint density at radius 2 is 2.23 bits per heavy atom. The van der Waals surface area contributed by atoms with Crippen LogP contribution in [0.5, 0.6) is 0 Å². The zero-order chi connectivity index (χ0) is 10.0. The summed E-state index contributed by atoms with van der Waals surface area (Å²) in [6.07, 6.45) is 0. The Balaban J connectivity index is 3.09. The topological polar surface area (TPSA) is 76.5 Å². The van der Waals surface area contributed by atoms with Gasteiger partial charge in [-0.15, -0.1) is 0 Å². The largest absolute Gasteiger partial charge is 0.476 e. The first-order chi connectivity index (χ1) is 6.06. The van der Waals surface area contributed by atoms with Crippen LogP contribution in [-0.2, 0) is 4.74 Å². The van der Waals surface area contributed by atoms with Crippen molar-refractivity contribution in [2.45, 2.75) is 0 Å². The second-order valence-electron chi connectivity index (χ2n) is 1.94. The monoisotopic (exact) mass is 265 g/mol. The van der Waals surface area contributed by atoms with Crippen molar-refractivity contribution in [1.29, 1.82) is 0 Å². The van der Waals surface area contributed by atoms with Gasteiger partial charge in [0.2, 0.25) is 5.01 Å². The summed E-state index contributed by atoms with van der Waals surface area (Å²) in [6, 6.07) is 0. The van der Waals surface area contributed by atoms with E-state index < -0.39 is 11.9 Å². The molecule has 5 nitrogen and oxygen atoms in total. The van der Waals surface area contributed by atoms with E-state index in [1.807, 2.05) is 0 Å². The van der Waals surface area contributed by atoms with E-state index in [4.69, 9.17) is 5.11 Å². The third-order valence-corrected chi connectivity index (χ3v) is 2.83. The van der Waals surface area contributed by atoms with Crippen molar-refractivity contribution in [3.05, 3.63) is 14.5 Å². The fourth-order valence-corrected chi connectivity index (χ4v) is 2.03. The van der Waals surface area contributed by atoms with Crippen LogP contribution < -0.4 is 0 Å². The van der Waals surface area contributed by atoms with Gasteiger partial charge < -0.3 is 9.84 Å². The van der Waals surface area contributed by atoms with E-state index in [2.05, 4.69) is 25.7 Å². The standard InChI is InChI=1S/C6H4BrNO4S/c1-12-6(11)4-8-2(5(9)10)3(7)13-4/h1H3,(H,9,10). The summed E-state index contributed by atoms with van der Waals surface area (Å²) < 4.78 is 4.69. The molecule has 1 aromatic heterocycles. The van der Waals surface area contributed by atoms with Crippen LogP contribution in [0, 0.1) is 0 Å². The van der Waals surface area contributed by atoms with Gasteiger partial charge in [0.05, 0.1) is 7.11 Å². The molecule has 0 aliphatic carbocycles. The van der Waals surface area contributed by atoms with Gasteiger partial charge >= 0.3 is 11.9 Å². The predicted octanol–water partition coefficient (Wildman–Crippen LogP) is 1.39. The molecule has 0 aliphatic rings. The molecule has 0 aliphatic heterocycles. The molecule has 13 heavy (non-hydrogen) atoms. The Morgan fingerprint density at radius 1 is 1.62 bits per heavy atom. The fraction of sp³-hybridized carbons (Fsp3) is 0.167. The smallest absolute Gasteiger partial charge is 0.367 e. The summed E-state index contributed by atoms with van der Waals surface area (Å²) >= 11 is 3.91. The van der Waals surface area contributed by atoms with Gasteiger partial charge in [-0.1, -0.05) is 11.3 Å². The third kappa shape index (κ3) is 2.04. The number of carboxylic acids is 1. The van der Waals surface area contributed by atoms with Gasteiger partial charge in [0.25, 0.3) is 0 Å². The van der Waals surface area contributed by atoms with Crippen molar-refractivity contribution in [3.63, 3.8) is 0 Å². The van der Waals surface area contributed by atoms with Gasteiger partial charge in [0, 0.05) is 0 Å². The molecule has 1 N–H and O–H groups in total. The first-order valence-corrected chi connectivity index (χ1v) is 4.65. The molecule has 1 aromatic rings. The number of ether oxygens (including phenoxy) is 1. The Morgan fingerprint density at radius 3 is 2.62 bits per heavy atom. The number of esters is 1. The number of carbonyl (C=O) groups excluding carboxylic acids is 1. The number of rotatable bonds is 2. The average molecular weight is 266 g/mol. The van der Waals surface area contributed by atoms with Gasteiger partial charge in [-0.25, -0.2) is 14.6 Å². The number of hydrogen-bond acceptors (Lipinski definition) is 5. The Labute approximate surface area is 85.5 Å². The van der Waals surface area contributed by atoms with Crippen LogP contribution in [0.1, 0.15) is 20.3 Å². The molecule has 0 radical (unpaired) electrons. The quantitative estimate of drug-likeness (QED) is 0.818. The number of carboxylic acid groups (broad SMARTS) is 1. The molecule has 0 bridgehead atoms. The van der Waals surface area contributed by atoms with E-state index in [0.29, 0.717) is 3.79 Å². The zero-order valence-corrected chi connectivity index (χ0v) is 8.81. The summed E-state index contributed by atoms with van der Waals surface area (Å²) in [5.74, 6) is -1.82. The zero-order valence-electron chi connectivity index (χ0n) is 6.41. The van der Waals surface area contributed by atoms with Crippen molar-refractivity contribution in [1.82, 2.24) is 4.98 Å². The average Bonchev–Trinajstić information content (AvgIpc) is 2.46. The molecule has 0 atom stereocenters. The van der Waals surface area contributed by atoms with Crippen LogP contribution in [0.25, 0.3) is 0 Å². The van der Waals surface area contributed by atoms with Gasteiger partial charge in [-0.05, 0) is 15.9 Å². The fourth-order valence-electron chi connectivity index (χ4n) is 0.608. The van der Waals surface area contributed by atoms with E-state index in [-0.39, 0.29) is 10.7 Å². The maximum absolute atomic E-state index is 10.9. The number of carbonyl (C=O) groups is 2. The number of nitrogens with zero attached hydrogens (tertiary/aromatic N) is 1. The minimum Gasteiger partial charge on any atom is -0.476 e. The second-order valence-corrected chi connectivity index (χ2v) is 4.26. The van der Waals surface area contributed by atoms with E-state index in [9.17, 15) is 9.59 Å². The van der Waals surface area contributed by atoms with Gasteiger partial charge in [-0.3, -0.25) is 0 Å². The molecule has 1 rings (SSSR count). The molecule has 7 heteroatoms. The molecule has 0 unspecified atom stereocenters. The van der Waals surface area contributed by atoms with Gasteiger partial charge in [0.1, 0.15) is 3.79 Å². The van der Waals surface area contributed by atoms with Crippen LogP contribution in [0.15, 0.2) is 3.79 Å². The molecule has 0 amide bonds. The van der Waals surface area contributed by atoms with Crippen LogP contribution in [0.4, 0.5) is 0 Å². The molecule has 0 fully saturated rings. The van der Waals surface area contributed by atoms with Crippen LogP contribution in [0.3, 0.4) is 0 Å². The van der Waals surface area contributed by atoms with E-state index in [1.54, 1.807) is 0 Å². The first kappa shape index (κ1) is 10.1. The highest BCUT2D eigenvalue weighted by Gasteiger charge is 2.19. The van der Waals surface area contributed by atoms with Crippen LogP contribution in [0.2, 0.25) is 0 Å². The summed E-state index contributed by atoms with van der Waals surface area (Å²) in [4.78, 5) is 25.0. The first-order valence-electron chi connectivity index (χ1n) is 3.04. The highest BCUT2D eigenvalue weighted by molar-refractivity contribution is 9.11. The summed E-state index contributed by atoms with van der Waals surface area (Å²) in [5.41, 5.74) is -0.176. The molecule has 0 saturated heterocycles. The summed E-state index contributed by atoms with van der Waals surface area (Å²) in [6.45, 7) is 0. The molecular formula is C6H4BrNO4S. The number of aromatic nitrogens is 1. The number of aromatic carboxylic acids is 1. The Kier molecular flexibility index (Phi) is 2.99. The van der Waals surface area contributed by atoms with E-state index in [0.717, 1.165) is 11.3 Å². The van der Waals surface area contributed by atoms with Crippen molar-refractivity contribution in [2.24, 2.45) is 0 Å². The molecule has 70 valence electrons. The molecule has 0 spiro atoms. The van der Waals surface area contributed by atoms with Crippen molar-refractivity contribution < 1.29 is 19.4 Å². The number of methoxy groups -OCH3 is 1. The maximum atomic E-state index is 10.9. The Bertz CT molecular complexity index is 362. The second kappa shape index (κ2) is 3.84. The predicted molar refractivity (Wildman–Crippen MR) is 48.1 cm³/mol. The molecule has 0 aromatic carbocycles. The molecule has 0 saturated carbocycles. The Hall–Kier alpha value is -0.950. The van der Waals surface area contributed by atoms with Crippen molar-refractivity contribution in [2.75, 3.05) is 7.11 Å². The van der Waals surface area contributed by atoms with Gasteiger partial charge in [0.15, 0.2) is 5.69 Å². The lowest BCUT2D eigenvalue weighted by Gasteiger charge is -1.89. The SMILES string of the molecule is COC(=O)c1nc(C(=O)O)c(Br)s1. The lowest BCUT2D eigenvalue weighted by Crippen LogP contribution is -2.03. The highest BCUT2D eigenvalue weighted by Crippen LogP contribution is 2.25. The normalized spacial score (nSPS) is 9.69. The van der Waals surface area contributed by atoms with Gasteiger partial charge in [-0.2, -0.15) is 0 Å². The molecule has 1 heterocycles. The minimum atomic E-state index is -1.18. The van der Waals surface area contributed by atoms with Crippen molar-refractivity contribution >= 4 is 39.2 Å². The molecular weight excluding hydrogens is 262 g/mol. The number of hydrogen-bond donors (Lipinski definition) is 1. The lowest BCUT2D eigenvalue weighted by molar-refractivity contribution is 0.0600.